The zero-order valence-corrected chi connectivity index (χ0v) is 14.7. The number of halogens is 1. The van der Waals surface area contributed by atoms with Gasteiger partial charge in [0.15, 0.2) is 6.61 Å². The number of esters is 1. The van der Waals surface area contributed by atoms with Gasteiger partial charge in [-0.15, -0.1) is 0 Å². The fraction of sp³-hybridized carbons (Fsp3) is 0.167. The lowest BCUT2D eigenvalue weighted by Crippen LogP contribution is -2.42. The summed E-state index contributed by atoms with van der Waals surface area (Å²) >= 11 is 5.81. The zero-order valence-electron chi connectivity index (χ0n) is 14.0. The summed E-state index contributed by atoms with van der Waals surface area (Å²) in [4.78, 5) is 33.9. The number of amides is 2. The molecule has 7 nitrogen and oxygen atoms in total. The lowest BCUT2D eigenvalue weighted by atomic mass is 10.1. The van der Waals surface area contributed by atoms with E-state index in [1.54, 1.807) is 48.5 Å². The maximum atomic E-state index is 11.9. The van der Waals surface area contributed by atoms with Crippen molar-refractivity contribution in [3.05, 3.63) is 64.7 Å². The van der Waals surface area contributed by atoms with E-state index >= 15 is 0 Å². The van der Waals surface area contributed by atoms with Gasteiger partial charge < -0.3 is 9.47 Å². The zero-order chi connectivity index (χ0) is 18.9. The quantitative estimate of drug-likeness (QED) is 0.595. The fourth-order valence-corrected chi connectivity index (χ4v) is 1.97. The Morgan fingerprint density at radius 1 is 0.962 bits per heavy atom. The van der Waals surface area contributed by atoms with Crippen molar-refractivity contribution in [1.82, 2.24) is 10.9 Å². The molecule has 8 heteroatoms. The number of hydrogen-bond acceptors (Lipinski definition) is 5. The molecule has 2 aromatic rings. The average Bonchev–Trinajstić information content (AvgIpc) is 2.64. The van der Waals surface area contributed by atoms with Gasteiger partial charge in [0.25, 0.3) is 5.91 Å². The summed E-state index contributed by atoms with van der Waals surface area (Å²) in [6.07, 6.45) is 0. The second-order valence-electron chi connectivity index (χ2n) is 5.25. The molecule has 26 heavy (non-hydrogen) atoms. The van der Waals surface area contributed by atoms with Gasteiger partial charge in [-0.3, -0.25) is 20.4 Å². The van der Waals surface area contributed by atoms with Crippen LogP contribution in [0.25, 0.3) is 0 Å². The van der Waals surface area contributed by atoms with E-state index in [2.05, 4.69) is 10.9 Å². The van der Waals surface area contributed by atoms with E-state index in [0.717, 1.165) is 5.56 Å². The van der Waals surface area contributed by atoms with Crippen molar-refractivity contribution < 1.29 is 23.9 Å². The standard InChI is InChI=1S/C18H17ClN2O5/c1-12(22)20-21-17(23)11-26-18(24)14-4-2-13(3-5-14)10-25-16-8-6-15(19)7-9-16/h2-9H,10-11H2,1H3,(H,20,22)(H,21,23). The van der Waals surface area contributed by atoms with E-state index < -0.39 is 24.4 Å². The smallest absolute Gasteiger partial charge is 0.338 e. The van der Waals surface area contributed by atoms with Gasteiger partial charge in [-0.25, -0.2) is 4.79 Å². The summed E-state index contributed by atoms with van der Waals surface area (Å²) in [6, 6.07) is 13.6. The second kappa shape index (κ2) is 9.43. The molecule has 0 aliphatic heterocycles. The third-order valence-electron chi connectivity index (χ3n) is 3.12. The molecule has 2 rings (SSSR count). The largest absolute Gasteiger partial charge is 0.489 e. The minimum absolute atomic E-state index is 0.299. The monoisotopic (exact) mass is 376 g/mol. The molecule has 0 aromatic heterocycles. The van der Waals surface area contributed by atoms with Gasteiger partial charge in [0.1, 0.15) is 12.4 Å². The number of carbonyl (C=O) groups is 3. The summed E-state index contributed by atoms with van der Waals surface area (Å²) in [7, 11) is 0. The summed E-state index contributed by atoms with van der Waals surface area (Å²) in [5.74, 6) is -1.03. The van der Waals surface area contributed by atoms with Crippen molar-refractivity contribution >= 4 is 29.4 Å². The van der Waals surface area contributed by atoms with Gasteiger partial charge in [0.2, 0.25) is 5.91 Å². The lowest BCUT2D eigenvalue weighted by Gasteiger charge is -2.08. The van der Waals surface area contributed by atoms with Crippen LogP contribution in [0.3, 0.4) is 0 Å². The number of rotatable bonds is 6. The Morgan fingerprint density at radius 2 is 1.62 bits per heavy atom. The number of benzene rings is 2. The first kappa shape index (κ1) is 19.3. The molecule has 0 unspecified atom stereocenters. The van der Waals surface area contributed by atoms with Crippen molar-refractivity contribution in [2.24, 2.45) is 0 Å². The second-order valence-corrected chi connectivity index (χ2v) is 5.68. The third kappa shape index (κ3) is 6.45. The van der Waals surface area contributed by atoms with E-state index in [9.17, 15) is 14.4 Å². The van der Waals surface area contributed by atoms with Gasteiger partial charge in [-0.2, -0.15) is 0 Å². The van der Waals surface area contributed by atoms with Gasteiger partial charge in [-0.05, 0) is 42.0 Å². The maximum Gasteiger partial charge on any atom is 0.338 e. The molecule has 2 amide bonds. The van der Waals surface area contributed by atoms with Crippen LogP contribution in [0.2, 0.25) is 5.02 Å². The van der Waals surface area contributed by atoms with E-state index in [4.69, 9.17) is 21.1 Å². The van der Waals surface area contributed by atoms with Crippen LogP contribution < -0.4 is 15.6 Å². The Bertz CT molecular complexity index is 775. The highest BCUT2D eigenvalue weighted by Crippen LogP contribution is 2.17. The van der Waals surface area contributed by atoms with E-state index in [0.29, 0.717) is 22.9 Å². The van der Waals surface area contributed by atoms with Crippen LogP contribution in [-0.2, 0) is 20.9 Å². The molecule has 0 saturated carbocycles. The Labute approximate surface area is 155 Å². The third-order valence-corrected chi connectivity index (χ3v) is 3.37. The first-order valence-electron chi connectivity index (χ1n) is 7.64. The van der Waals surface area contributed by atoms with Crippen molar-refractivity contribution in [3.8, 4) is 5.75 Å². The molecule has 2 N–H and O–H groups in total. The van der Waals surface area contributed by atoms with Gasteiger partial charge in [-0.1, -0.05) is 23.7 Å². The van der Waals surface area contributed by atoms with Crippen LogP contribution in [0, 0.1) is 0 Å². The Balaban J connectivity index is 1.80. The summed E-state index contributed by atoms with van der Waals surface area (Å²) in [5, 5.41) is 0.631. The normalized spacial score (nSPS) is 9.92. The molecule has 0 aliphatic carbocycles. The number of hydrazine groups is 1. The molecule has 0 heterocycles. The Hall–Kier alpha value is -3.06. The van der Waals surface area contributed by atoms with Crippen molar-refractivity contribution in [2.75, 3.05) is 6.61 Å². The maximum absolute atomic E-state index is 11.9. The fourth-order valence-electron chi connectivity index (χ4n) is 1.84. The van der Waals surface area contributed by atoms with Crippen molar-refractivity contribution in [3.63, 3.8) is 0 Å². The molecule has 136 valence electrons. The van der Waals surface area contributed by atoms with E-state index in [1.165, 1.54) is 6.92 Å². The number of carbonyl (C=O) groups excluding carboxylic acids is 3. The molecule has 0 bridgehead atoms. The van der Waals surface area contributed by atoms with Crippen LogP contribution in [0.15, 0.2) is 48.5 Å². The van der Waals surface area contributed by atoms with E-state index in [-0.39, 0.29) is 0 Å². The first-order valence-corrected chi connectivity index (χ1v) is 8.01. The highest BCUT2D eigenvalue weighted by molar-refractivity contribution is 6.30. The number of hydrogen-bond donors (Lipinski definition) is 2. The SMILES string of the molecule is CC(=O)NNC(=O)COC(=O)c1ccc(COc2ccc(Cl)cc2)cc1. The molecule has 0 atom stereocenters. The van der Waals surface area contributed by atoms with Crippen LogP contribution >= 0.6 is 11.6 Å². The van der Waals surface area contributed by atoms with Gasteiger partial charge >= 0.3 is 5.97 Å². The van der Waals surface area contributed by atoms with Crippen molar-refractivity contribution in [2.45, 2.75) is 13.5 Å². The van der Waals surface area contributed by atoms with Crippen molar-refractivity contribution in [1.29, 1.82) is 0 Å². The van der Waals surface area contributed by atoms with Crippen LogP contribution in [0.1, 0.15) is 22.8 Å². The first-order chi connectivity index (χ1) is 12.4. The molecule has 0 radical (unpaired) electrons. The van der Waals surface area contributed by atoms with E-state index in [1.807, 2.05) is 0 Å². The van der Waals surface area contributed by atoms with Crippen LogP contribution in [0.5, 0.6) is 5.75 Å². The number of nitrogens with one attached hydrogen (secondary N) is 2. The summed E-state index contributed by atoms with van der Waals surface area (Å²) in [6.45, 7) is 1.07. The minimum Gasteiger partial charge on any atom is -0.489 e. The highest BCUT2D eigenvalue weighted by atomic mass is 35.5. The van der Waals surface area contributed by atoms with Gasteiger partial charge in [0.05, 0.1) is 5.56 Å². The minimum atomic E-state index is -0.645. The molecule has 2 aromatic carbocycles. The molecule has 0 fully saturated rings. The molecule has 0 aliphatic rings. The van der Waals surface area contributed by atoms with Crippen LogP contribution in [0.4, 0.5) is 0 Å². The molecular formula is C18H17ClN2O5. The predicted molar refractivity (Wildman–Crippen MR) is 94.5 cm³/mol. The molecular weight excluding hydrogens is 360 g/mol. The van der Waals surface area contributed by atoms with Gasteiger partial charge in [0, 0.05) is 11.9 Å². The topological polar surface area (TPSA) is 93.7 Å². The summed E-state index contributed by atoms with van der Waals surface area (Å²) < 4.78 is 10.5. The average molecular weight is 377 g/mol. The Kier molecular flexibility index (Phi) is 6.99. The molecule has 0 spiro atoms. The number of ether oxygens (including phenoxy) is 2. The highest BCUT2D eigenvalue weighted by Gasteiger charge is 2.10. The summed E-state index contributed by atoms with van der Waals surface area (Å²) in [5.41, 5.74) is 5.35. The van der Waals surface area contributed by atoms with Crippen LogP contribution in [-0.4, -0.2) is 24.4 Å². The molecule has 0 saturated heterocycles. The lowest BCUT2D eigenvalue weighted by molar-refractivity contribution is -0.129. The predicted octanol–water partition coefficient (Wildman–Crippen LogP) is 2.24. The Morgan fingerprint density at radius 3 is 2.23 bits per heavy atom.